The first-order valence-corrected chi connectivity index (χ1v) is 5.73. The van der Waals surface area contributed by atoms with Crippen LogP contribution in [0.15, 0.2) is 22.7 Å². The van der Waals surface area contributed by atoms with Gasteiger partial charge in [0.25, 0.3) is 0 Å². The molecule has 4 nitrogen and oxygen atoms in total. The summed E-state index contributed by atoms with van der Waals surface area (Å²) in [4.78, 5) is 10.3. The van der Waals surface area contributed by atoms with Crippen molar-refractivity contribution >= 4 is 45.5 Å². The van der Waals surface area contributed by atoms with Crippen LogP contribution in [0.2, 0.25) is 0 Å². The molecule has 0 aliphatic carbocycles. The molecule has 0 aliphatic rings. The lowest BCUT2D eigenvalue weighted by atomic mass is 10.2. The summed E-state index contributed by atoms with van der Waals surface area (Å²) < 4.78 is 4.98. The fourth-order valence-corrected chi connectivity index (χ4v) is 1.52. The third kappa shape index (κ3) is 3.49. The Morgan fingerprint density at radius 1 is 1.41 bits per heavy atom. The molecule has 0 fully saturated rings. The molecule has 0 amide bonds. The minimum absolute atomic E-state index is 0.0551. The fraction of sp³-hybridized carbons (Fsp3) is 0.200. The van der Waals surface area contributed by atoms with Gasteiger partial charge in [-0.25, -0.2) is 0 Å². The van der Waals surface area contributed by atoms with Crippen molar-refractivity contribution in [2.45, 2.75) is 6.92 Å². The molecule has 0 heterocycles. The average Bonchev–Trinajstić information content (AvgIpc) is 2.28. The van der Waals surface area contributed by atoms with E-state index >= 15 is 0 Å². The molecular formula is C10H8Cl3NO3. The van der Waals surface area contributed by atoms with Gasteiger partial charge >= 0.3 is 5.69 Å². The van der Waals surface area contributed by atoms with Gasteiger partial charge in [-0.15, -0.1) is 0 Å². The normalized spacial score (nSPS) is 9.88. The molecule has 0 radical (unpaired) electrons. The summed E-state index contributed by atoms with van der Waals surface area (Å²) in [6, 6.07) is 4.26. The Kier molecular flexibility index (Phi) is 5.05. The maximum Gasteiger partial charge on any atom is 0.311 e. The fourth-order valence-electron chi connectivity index (χ4n) is 1.18. The summed E-state index contributed by atoms with van der Waals surface area (Å²) in [5.74, 6) is 0.177. The molecule has 1 aromatic rings. The van der Waals surface area contributed by atoms with Gasteiger partial charge < -0.3 is 4.74 Å². The molecule has 0 saturated heterocycles. The summed E-state index contributed by atoms with van der Waals surface area (Å²) >= 11 is 16.8. The number of ether oxygens (including phenoxy) is 1. The first kappa shape index (κ1) is 14.1. The van der Waals surface area contributed by atoms with Crippen molar-refractivity contribution in [2.24, 2.45) is 0 Å². The van der Waals surface area contributed by atoms with E-state index < -0.39 is 4.92 Å². The van der Waals surface area contributed by atoms with E-state index in [1.165, 1.54) is 12.1 Å². The molecule has 0 aromatic heterocycles. The number of halogens is 3. The van der Waals surface area contributed by atoms with Gasteiger partial charge in [-0.1, -0.05) is 34.8 Å². The van der Waals surface area contributed by atoms with Crippen LogP contribution in [0.4, 0.5) is 5.69 Å². The number of hydrogen-bond acceptors (Lipinski definition) is 3. The van der Waals surface area contributed by atoms with Gasteiger partial charge in [0.1, 0.15) is 4.49 Å². The average molecular weight is 297 g/mol. The topological polar surface area (TPSA) is 52.4 Å². The number of nitro benzene ring substituents is 1. The molecule has 0 bridgehead atoms. The summed E-state index contributed by atoms with van der Waals surface area (Å²) in [5, 5.41) is 10.9. The quantitative estimate of drug-likeness (QED) is 0.613. The van der Waals surface area contributed by atoms with Gasteiger partial charge in [-0.05, 0) is 19.1 Å². The van der Waals surface area contributed by atoms with Crippen LogP contribution in [0.1, 0.15) is 12.5 Å². The summed E-state index contributed by atoms with van der Waals surface area (Å²) in [6.45, 7) is 2.07. The third-order valence-electron chi connectivity index (χ3n) is 1.87. The highest BCUT2D eigenvalue weighted by Crippen LogP contribution is 2.34. The maximum absolute atomic E-state index is 10.8. The molecule has 1 rings (SSSR count). The lowest BCUT2D eigenvalue weighted by Gasteiger charge is -2.06. The second kappa shape index (κ2) is 6.10. The Morgan fingerprint density at radius 2 is 2.06 bits per heavy atom. The van der Waals surface area contributed by atoms with Crippen molar-refractivity contribution in [2.75, 3.05) is 6.61 Å². The lowest BCUT2D eigenvalue weighted by molar-refractivity contribution is -0.385. The van der Waals surface area contributed by atoms with Crippen LogP contribution < -0.4 is 4.74 Å². The van der Waals surface area contributed by atoms with Crippen LogP contribution in [-0.4, -0.2) is 11.5 Å². The Balaban J connectivity index is 3.28. The molecule has 92 valence electrons. The maximum atomic E-state index is 10.8. The van der Waals surface area contributed by atoms with Gasteiger partial charge in [0.15, 0.2) is 5.75 Å². The molecule has 1 aromatic carbocycles. The molecule has 0 saturated carbocycles. The molecule has 7 heteroatoms. The Morgan fingerprint density at radius 3 is 2.53 bits per heavy atom. The second-order valence-electron chi connectivity index (χ2n) is 2.95. The predicted octanol–water partition coefficient (Wildman–Crippen LogP) is 4.34. The smallest absolute Gasteiger partial charge is 0.311 e. The first-order valence-electron chi connectivity index (χ1n) is 4.59. The molecule has 0 unspecified atom stereocenters. The molecular weight excluding hydrogens is 288 g/mol. The van der Waals surface area contributed by atoms with Crippen LogP contribution in [-0.2, 0) is 0 Å². The van der Waals surface area contributed by atoms with Gasteiger partial charge in [0, 0.05) is 11.6 Å². The number of hydrogen-bond donors (Lipinski definition) is 0. The number of benzene rings is 1. The Bertz CT molecular complexity index is 470. The zero-order valence-corrected chi connectivity index (χ0v) is 11.0. The number of nitrogens with zero attached hydrogens (tertiary/aromatic N) is 1. The Labute approximate surface area is 113 Å². The summed E-state index contributed by atoms with van der Waals surface area (Å²) in [7, 11) is 0. The van der Waals surface area contributed by atoms with Gasteiger partial charge in [0.2, 0.25) is 0 Å². The van der Waals surface area contributed by atoms with E-state index in [4.69, 9.17) is 39.5 Å². The Hall–Kier alpha value is -0.970. The molecule has 0 spiro atoms. The first-order chi connectivity index (χ1) is 7.97. The summed E-state index contributed by atoms with van der Waals surface area (Å²) in [6.07, 6.45) is 0. The van der Waals surface area contributed by atoms with E-state index in [-0.39, 0.29) is 21.0 Å². The van der Waals surface area contributed by atoms with Crippen molar-refractivity contribution in [1.29, 1.82) is 0 Å². The minimum Gasteiger partial charge on any atom is -0.487 e. The zero-order valence-electron chi connectivity index (χ0n) is 8.75. The molecule has 0 atom stereocenters. The highest BCUT2D eigenvalue weighted by atomic mass is 35.5. The zero-order chi connectivity index (χ0) is 13.0. The second-order valence-corrected chi connectivity index (χ2v) is 4.27. The van der Waals surface area contributed by atoms with Gasteiger partial charge in [0.05, 0.1) is 16.6 Å². The highest BCUT2D eigenvalue weighted by Gasteiger charge is 2.17. The minimum atomic E-state index is -0.555. The van der Waals surface area contributed by atoms with E-state index in [0.29, 0.717) is 12.2 Å². The van der Waals surface area contributed by atoms with Crippen molar-refractivity contribution in [3.63, 3.8) is 0 Å². The van der Waals surface area contributed by atoms with Crippen LogP contribution in [0, 0.1) is 10.1 Å². The van der Waals surface area contributed by atoms with E-state index in [1.807, 2.05) is 0 Å². The highest BCUT2D eigenvalue weighted by molar-refractivity contribution is 6.66. The monoisotopic (exact) mass is 295 g/mol. The third-order valence-corrected chi connectivity index (χ3v) is 2.85. The lowest BCUT2D eigenvalue weighted by Crippen LogP contribution is -1.98. The van der Waals surface area contributed by atoms with E-state index in [2.05, 4.69) is 0 Å². The van der Waals surface area contributed by atoms with Crippen LogP contribution in [0.3, 0.4) is 0 Å². The van der Waals surface area contributed by atoms with Gasteiger partial charge in [-0.3, -0.25) is 10.1 Å². The van der Waals surface area contributed by atoms with Crippen LogP contribution in [0.5, 0.6) is 5.75 Å². The SMILES string of the molecule is CCOc1ccc(C(Cl)=C(Cl)Cl)cc1[N+](=O)[O-]. The largest absolute Gasteiger partial charge is 0.487 e. The summed E-state index contributed by atoms with van der Waals surface area (Å²) in [5.41, 5.74) is 0.180. The molecule has 0 aliphatic heterocycles. The van der Waals surface area contributed by atoms with Crippen molar-refractivity contribution in [1.82, 2.24) is 0 Å². The number of nitro groups is 1. The molecule has 17 heavy (non-hydrogen) atoms. The molecule has 0 N–H and O–H groups in total. The van der Waals surface area contributed by atoms with Gasteiger partial charge in [-0.2, -0.15) is 0 Å². The van der Waals surface area contributed by atoms with Crippen LogP contribution in [0.25, 0.3) is 5.03 Å². The number of rotatable bonds is 4. The van der Waals surface area contributed by atoms with E-state index in [1.54, 1.807) is 13.0 Å². The van der Waals surface area contributed by atoms with Crippen molar-refractivity contribution in [3.05, 3.63) is 38.4 Å². The predicted molar refractivity (Wildman–Crippen MR) is 68.7 cm³/mol. The van der Waals surface area contributed by atoms with Crippen molar-refractivity contribution in [3.8, 4) is 5.75 Å². The standard InChI is InChI=1S/C10H8Cl3NO3/c1-2-17-8-4-3-6(9(11)10(12)13)5-7(8)14(15)16/h3-5H,2H2,1H3. The van der Waals surface area contributed by atoms with Crippen LogP contribution >= 0.6 is 34.8 Å². The van der Waals surface area contributed by atoms with Crippen molar-refractivity contribution < 1.29 is 9.66 Å². The van der Waals surface area contributed by atoms with E-state index in [0.717, 1.165) is 0 Å². The van der Waals surface area contributed by atoms with E-state index in [9.17, 15) is 10.1 Å².